The van der Waals surface area contributed by atoms with Crippen LogP contribution in [0.4, 0.5) is 0 Å². The van der Waals surface area contributed by atoms with Gasteiger partial charge in [0.1, 0.15) is 12.7 Å². The zero-order valence-corrected chi connectivity index (χ0v) is 11.9. The summed E-state index contributed by atoms with van der Waals surface area (Å²) < 4.78 is 4.03. The van der Waals surface area contributed by atoms with Crippen LogP contribution in [-0.2, 0) is 13.1 Å². The summed E-state index contributed by atoms with van der Waals surface area (Å²) in [5.41, 5.74) is 1.15. The van der Waals surface area contributed by atoms with Gasteiger partial charge in [-0.25, -0.2) is 9.97 Å². The second-order valence-electron chi connectivity index (χ2n) is 5.21. The molecule has 0 radical (unpaired) electrons. The zero-order valence-electron chi connectivity index (χ0n) is 11.1. The lowest BCUT2D eigenvalue weighted by atomic mass is 10.2. The first-order valence-electron chi connectivity index (χ1n) is 6.86. The van der Waals surface area contributed by atoms with E-state index in [-0.39, 0.29) is 0 Å². The van der Waals surface area contributed by atoms with Gasteiger partial charge in [-0.2, -0.15) is 5.10 Å². The SMILES string of the molecule is c1ncn(C[C@@H]2CCCN2Cc2cn3ccsc3n2)n1. The Bertz CT molecular complexity index is 656. The van der Waals surface area contributed by atoms with Crippen LogP contribution in [0, 0.1) is 0 Å². The van der Waals surface area contributed by atoms with Crippen molar-refractivity contribution in [3.8, 4) is 0 Å². The van der Waals surface area contributed by atoms with Crippen molar-refractivity contribution in [2.75, 3.05) is 6.54 Å². The Morgan fingerprint density at radius 2 is 2.40 bits per heavy atom. The van der Waals surface area contributed by atoms with Crippen LogP contribution in [0.2, 0.25) is 0 Å². The molecule has 0 amide bonds. The van der Waals surface area contributed by atoms with Crippen LogP contribution in [0.3, 0.4) is 0 Å². The van der Waals surface area contributed by atoms with Gasteiger partial charge >= 0.3 is 0 Å². The van der Waals surface area contributed by atoms with Gasteiger partial charge in [0.15, 0.2) is 4.96 Å². The number of imidazole rings is 1. The van der Waals surface area contributed by atoms with Crippen LogP contribution in [0.5, 0.6) is 0 Å². The summed E-state index contributed by atoms with van der Waals surface area (Å²) in [4.78, 5) is 12.3. The summed E-state index contributed by atoms with van der Waals surface area (Å²) in [5.74, 6) is 0. The number of nitrogens with zero attached hydrogens (tertiary/aromatic N) is 6. The Labute approximate surface area is 120 Å². The van der Waals surface area contributed by atoms with E-state index < -0.39 is 0 Å². The van der Waals surface area contributed by atoms with Crippen LogP contribution in [-0.4, -0.2) is 41.6 Å². The summed E-state index contributed by atoms with van der Waals surface area (Å²) in [6.45, 7) is 2.99. The van der Waals surface area contributed by atoms with Gasteiger partial charge in [0, 0.05) is 30.4 Å². The minimum atomic E-state index is 0.538. The molecular weight excluding hydrogens is 272 g/mol. The van der Waals surface area contributed by atoms with E-state index in [1.165, 1.54) is 12.8 Å². The fourth-order valence-corrected chi connectivity index (χ4v) is 3.63. The quantitative estimate of drug-likeness (QED) is 0.732. The molecule has 0 bridgehead atoms. The fraction of sp³-hybridized carbons (Fsp3) is 0.462. The summed E-state index contributed by atoms with van der Waals surface area (Å²) in [7, 11) is 0. The maximum Gasteiger partial charge on any atom is 0.193 e. The smallest absolute Gasteiger partial charge is 0.193 e. The maximum absolute atomic E-state index is 4.67. The molecule has 104 valence electrons. The molecular formula is C13H16N6S. The zero-order chi connectivity index (χ0) is 13.4. The number of fused-ring (bicyclic) bond motifs is 1. The summed E-state index contributed by atoms with van der Waals surface area (Å²) >= 11 is 1.68. The maximum atomic E-state index is 4.67. The van der Waals surface area contributed by atoms with Crippen molar-refractivity contribution in [1.82, 2.24) is 29.0 Å². The van der Waals surface area contributed by atoms with Crippen LogP contribution in [0.1, 0.15) is 18.5 Å². The third kappa shape index (κ3) is 2.23. The molecule has 4 heterocycles. The number of rotatable bonds is 4. The van der Waals surface area contributed by atoms with Crippen LogP contribution >= 0.6 is 11.3 Å². The van der Waals surface area contributed by atoms with Crippen molar-refractivity contribution >= 4 is 16.3 Å². The van der Waals surface area contributed by atoms with E-state index >= 15 is 0 Å². The van der Waals surface area contributed by atoms with E-state index in [1.54, 1.807) is 24.0 Å². The second kappa shape index (κ2) is 4.99. The number of hydrogen-bond donors (Lipinski definition) is 0. The first-order valence-corrected chi connectivity index (χ1v) is 7.74. The highest BCUT2D eigenvalue weighted by Gasteiger charge is 2.25. The van der Waals surface area contributed by atoms with E-state index in [0.29, 0.717) is 6.04 Å². The Morgan fingerprint density at radius 1 is 1.40 bits per heavy atom. The molecule has 1 aliphatic rings. The second-order valence-corrected chi connectivity index (χ2v) is 6.08. The molecule has 20 heavy (non-hydrogen) atoms. The van der Waals surface area contributed by atoms with E-state index in [4.69, 9.17) is 0 Å². The van der Waals surface area contributed by atoms with Crippen molar-refractivity contribution in [2.24, 2.45) is 0 Å². The van der Waals surface area contributed by atoms with Gasteiger partial charge in [-0.1, -0.05) is 0 Å². The van der Waals surface area contributed by atoms with Gasteiger partial charge in [-0.05, 0) is 19.4 Å². The highest BCUT2D eigenvalue weighted by molar-refractivity contribution is 7.15. The Balaban J connectivity index is 1.48. The molecule has 4 rings (SSSR count). The molecule has 0 aromatic carbocycles. The number of thiazole rings is 1. The molecule has 7 heteroatoms. The fourth-order valence-electron chi connectivity index (χ4n) is 2.91. The first-order chi connectivity index (χ1) is 9.88. The standard InChI is InChI=1S/C13H16N6S/c1-2-12(8-19-10-14-9-15-19)17(3-1)6-11-7-18-4-5-20-13(18)16-11/h4-5,7,9-10,12H,1-3,6,8H2/t12-/m0/s1. The van der Waals surface area contributed by atoms with E-state index in [1.807, 2.05) is 4.68 Å². The average molecular weight is 288 g/mol. The Kier molecular flexibility index (Phi) is 3.00. The predicted octanol–water partition coefficient (Wildman–Crippen LogP) is 1.65. The van der Waals surface area contributed by atoms with Crippen molar-refractivity contribution in [3.63, 3.8) is 0 Å². The van der Waals surface area contributed by atoms with Crippen molar-refractivity contribution < 1.29 is 0 Å². The monoisotopic (exact) mass is 288 g/mol. The van der Waals surface area contributed by atoms with Crippen molar-refractivity contribution in [1.29, 1.82) is 0 Å². The van der Waals surface area contributed by atoms with Gasteiger partial charge in [0.05, 0.1) is 12.2 Å². The van der Waals surface area contributed by atoms with Gasteiger partial charge in [-0.3, -0.25) is 14.0 Å². The molecule has 1 saturated heterocycles. The highest BCUT2D eigenvalue weighted by Crippen LogP contribution is 2.21. The minimum absolute atomic E-state index is 0.538. The molecule has 1 aliphatic heterocycles. The molecule has 3 aromatic heterocycles. The van der Waals surface area contributed by atoms with Gasteiger partial charge in [-0.15, -0.1) is 11.3 Å². The first kappa shape index (κ1) is 12.0. The van der Waals surface area contributed by atoms with Crippen molar-refractivity contribution in [3.05, 3.63) is 36.1 Å². The number of likely N-dealkylation sites (tertiary alicyclic amines) is 1. The Hall–Kier alpha value is -1.73. The summed E-state index contributed by atoms with van der Waals surface area (Å²) in [5, 5.41) is 6.27. The lowest BCUT2D eigenvalue weighted by Crippen LogP contribution is -2.32. The van der Waals surface area contributed by atoms with Crippen LogP contribution in [0.25, 0.3) is 4.96 Å². The summed E-state index contributed by atoms with van der Waals surface area (Å²) in [6, 6.07) is 0.538. The third-order valence-corrected chi connectivity index (χ3v) is 4.64. The minimum Gasteiger partial charge on any atom is -0.297 e. The average Bonchev–Trinajstić information content (AvgIpc) is 3.16. The largest absolute Gasteiger partial charge is 0.297 e. The molecule has 0 unspecified atom stereocenters. The summed E-state index contributed by atoms with van der Waals surface area (Å²) in [6.07, 6.45) is 10.1. The van der Waals surface area contributed by atoms with E-state index in [2.05, 4.69) is 42.1 Å². The lowest BCUT2D eigenvalue weighted by molar-refractivity contribution is 0.217. The van der Waals surface area contributed by atoms with Crippen LogP contribution < -0.4 is 0 Å². The molecule has 1 fully saturated rings. The topological polar surface area (TPSA) is 51.2 Å². The molecule has 0 saturated carbocycles. The molecule has 3 aromatic rings. The van der Waals surface area contributed by atoms with Gasteiger partial charge in [0.2, 0.25) is 0 Å². The molecule has 6 nitrogen and oxygen atoms in total. The van der Waals surface area contributed by atoms with Crippen LogP contribution in [0.15, 0.2) is 30.4 Å². The van der Waals surface area contributed by atoms with E-state index in [0.717, 1.165) is 30.3 Å². The third-order valence-electron chi connectivity index (χ3n) is 3.87. The highest BCUT2D eigenvalue weighted by atomic mass is 32.1. The number of aromatic nitrogens is 5. The predicted molar refractivity (Wildman–Crippen MR) is 76.5 cm³/mol. The molecule has 0 aliphatic carbocycles. The van der Waals surface area contributed by atoms with Gasteiger partial charge < -0.3 is 0 Å². The number of hydrogen-bond acceptors (Lipinski definition) is 5. The van der Waals surface area contributed by atoms with Gasteiger partial charge in [0.25, 0.3) is 0 Å². The van der Waals surface area contributed by atoms with E-state index in [9.17, 15) is 0 Å². The normalized spacial score (nSPS) is 20.1. The molecule has 1 atom stereocenters. The van der Waals surface area contributed by atoms with Crippen molar-refractivity contribution in [2.45, 2.75) is 32.0 Å². The molecule has 0 N–H and O–H groups in total. The lowest BCUT2D eigenvalue weighted by Gasteiger charge is -2.23. The molecule has 0 spiro atoms. The Morgan fingerprint density at radius 3 is 3.25 bits per heavy atom.